The van der Waals surface area contributed by atoms with Crippen molar-refractivity contribution in [3.8, 4) is 6.07 Å². The molecule has 0 aliphatic carbocycles. The second-order valence-electron chi connectivity index (χ2n) is 5.75. The molecule has 1 aliphatic heterocycles. The Morgan fingerprint density at radius 1 is 1.26 bits per heavy atom. The number of halogens is 3. The summed E-state index contributed by atoms with van der Waals surface area (Å²) in [4.78, 5) is 1.64. The average molecular weight is 326 g/mol. The molecule has 0 amide bonds. The Morgan fingerprint density at radius 2 is 1.91 bits per heavy atom. The number of hydrogen-bond donors (Lipinski definition) is 1. The van der Waals surface area contributed by atoms with Crippen molar-refractivity contribution in [2.24, 2.45) is 0 Å². The lowest BCUT2D eigenvalue weighted by Gasteiger charge is -2.46. The molecular weight excluding hydrogens is 313 g/mol. The minimum Gasteiger partial charge on any atom is -0.385 e. The molecule has 0 saturated carbocycles. The van der Waals surface area contributed by atoms with Crippen LogP contribution in [0.5, 0.6) is 0 Å². The van der Waals surface area contributed by atoms with Gasteiger partial charge in [-0.2, -0.15) is 22.9 Å². The van der Waals surface area contributed by atoms with Crippen LogP contribution in [0.4, 0.5) is 19.0 Å². The van der Waals surface area contributed by atoms with Gasteiger partial charge in [-0.25, -0.2) is 0 Å². The number of nitriles is 1. The standard InChI is InChI=1S/C13H13F3N6O/c1-7-8(2)10(21-5-12(23,6-21)3-4-17)20-22-9(7)18-19-11(22)13(14,15)16/h23H,3,5-6H2,1-2H3. The summed E-state index contributed by atoms with van der Waals surface area (Å²) < 4.78 is 39.6. The summed E-state index contributed by atoms with van der Waals surface area (Å²) in [7, 11) is 0. The molecule has 23 heavy (non-hydrogen) atoms. The van der Waals surface area contributed by atoms with Crippen molar-refractivity contribution in [3.63, 3.8) is 0 Å². The van der Waals surface area contributed by atoms with Gasteiger partial charge in [-0.05, 0) is 13.8 Å². The molecule has 1 fully saturated rings. The number of alkyl halides is 3. The van der Waals surface area contributed by atoms with Gasteiger partial charge in [0.15, 0.2) is 11.5 Å². The molecule has 1 saturated heterocycles. The van der Waals surface area contributed by atoms with Crippen LogP contribution in [0.15, 0.2) is 0 Å². The Bertz CT molecular complexity index is 816. The number of anilines is 1. The van der Waals surface area contributed by atoms with Gasteiger partial charge in [-0.1, -0.05) is 0 Å². The van der Waals surface area contributed by atoms with Crippen LogP contribution >= 0.6 is 0 Å². The highest BCUT2D eigenvalue weighted by atomic mass is 19.4. The smallest absolute Gasteiger partial charge is 0.385 e. The van der Waals surface area contributed by atoms with Gasteiger partial charge in [0.05, 0.1) is 25.6 Å². The van der Waals surface area contributed by atoms with Gasteiger partial charge in [0.1, 0.15) is 5.60 Å². The summed E-state index contributed by atoms with van der Waals surface area (Å²) in [5, 5.41) is 29.5. The first-order valence-corrected chi connectivity index (χ1v) is 6.80. The number of aromatic nitrogens is 4. The summed E-state index contributed by atoms with van der Waals surface area (Å²) in [5.74, 6) is -0.868. The van der Waals surface area contributed by atoms with Gasteiger partial charge in [0.2, 0.25) is 0 Å². The SMILES string of the molecule is Cc1c(N2CC(O)(CC#N)C2)nn2c(C(F)(F)F)nnc2c1C. The molecule has 0 bridgehead atoms. The second-order valence-corrected chi connectivity index (χ2v) is 5.75. The third-order valence-electron chi connectivity index (χ3n) is 4.00. The maximum Gasteiger partial charge on any atom is 0.453 e. The molecule has 7 nitrogen and oxygen atoms in total. The molecule has 1 N–H and O–H groups in total. The Kier molecular flexibility index (Phi) is 3.23. The van der Waals surface area contributed by atoms with Crippen molar-refractivity contribution in [1.82, 2.24) is 19.8 Å². The maximum atomic E-state index is 13.0. The monoisotopic (exact) mass is 326 g/mol. The van der Waals surface area contributed by atoms with Crippen molar-refractivity contribution in [1.29, 1.82) is 5.26 Å². The van der Waals surface area contributed by atoms with Gasteiger partial charge in [0.25, 0.3) is 5.82 Å². The molecule has 0 aromatic carbocycles. The van der Waals surface area contributed by atoms with Gasteiger partial charge in [-0.3, -0.25) is 0 Å². The lowest BCUT2D eigenvalue weighted by molar-refractivity contribution is -0.146. The maximum absolute atomic E-state index is 13.0. The Balaban J connectivity index is 2.06. The third kappa shape index (κ3) is 2.37. The van der Waals surface area contributed by atoms with E-state index in [0.717, 1.165) is 0 Å². The number of aliphatic hydroxyl groups is 1. The number of hydrogen-bond acceptors (Lipinski definition) is 6. The average Bonchev–Trinajstić information content (AvgIpc) is 2.84. The quantitative estimate of drug-likeness (QED) is 0.892. The topological polar surface area (TPSA) is 90.3 Å². The molecule has 0 spiro atoms. The molecule has 3 heterocycles. The van der Waals surface area contributed by atoms with Crippen LogP contribution < -0.4 is 4.90 Å². The minimum atomic E-state index is -4.66. The van der Waals surface area contributed by atoms with Gasteiger partial charge in [-0.15, -0.1) is 15.3 Å². The van der Waals surface area contributed by atoms with Crippen LogP contribution in [0.25, 0.3) is 5.65 Å². The highest BCUT2D eigenvalue weighted by Gasteiger charge is 2.43. The second kappa shape index (κ2) is 4.79. The zero-order valence-corrected chi connectivity index (χ0v) is 12.4. The zero-order valence-electron chi connectivity index (χ0n) is 12.4. The Labute approximate surface area is 129 Å². The fourth-order valence-corrected chi connectivity index (χ4v) is 2.66. The van der Waals surface area contributed by atoms with E-state index in [1.807, 2.05) is 6.07 Å². The molecule has 1 aliphatic rings. The fourth-order valence-electron chi connectivity index (χ4n) is 2.66. The molecule has 0 unspecified atom stereocenters. The number of rotatable bonds is 2. The highest BCUT2D eigenvalue weighted by molar-refractivity contribution is 5.60. The van der Waals surface area contributed by atoms with Crippen LogP contribution in [-0.4, -0.2) is 43.6 Å². The molecule has 3 rings (SSSR count). The molecule has 0 radical (unpaired) electrons. The van der Waals surface area contributed by atoms with Crippen molar-refractivity contribution in [3.05, 3.63) is 17.0 Å². The largest absolute Gasteiger partial charge is 0.453 e. The molecule has 10 heteroatoms. The molecule has 0 atom stereocenters. The lowest BCUT2D eigenvalue weighted by atomic mass is 9.90. The van der Waals surface area contributed by atoms with Crippen molar-refractivity contribution in [2.45, 2.75) is 32.0 Å². The van der Waals surface area contributed by atoms with Crippen LogP contribution in [0.3, 0.4) is 0 Å². The normalized spacial score (nSPS) is 17.2. The first-order valence-electron chi connectivity index (χ1n) is 6.80. The van der Waals surface area contributed by atoms with E-state index in [1.165, 1.54) is 0 Å². The van der Waals surface area contributed by atoms with E-state index in [2.05, 4.69) is 15.3 Å². The molecular formula is C13H13F3N6O. The van der Waals surface area contributed by atoms with E-state index >= 15 is 0 Å². The summed E-state index contributed by atoms with van der Waals surface area (Å²) >= 11 is 0. The summed E-state index contributed by atoms with van der Waals surface area (Å²) in [5.41, 5.74) is 0.101. The number of fused-ring (bicyclic) bond motifs is 1. The summed E-state index contributed by atoms with van der Waals surface area (Å²) in [6.45, 7) is 3.65. The van der Waals surface area contributed by atoms with Crippen molar-refractivity contribution < 1.29 is 18.3 Å². The van der Waals surface area contributed by atoms with E-state index in [9.17, 15) is 18.3 Å². The first kappa shape index (κ1) is 15.5. The van der Waals surface area contributed by atoms with Crippen LogP contribution in [0.2, 0.25) is 0 Å². The fraction of sp³-hybridized carbons (Fsp3) is 0.538. The Morgan fingerprint density at radius 3 is 2.48 bits per heavy atom. The van der Waals surface area contributed by atoms with E-state index < -0.39 is 17.6 Å². The van der Waals surface area contributed by atoms with Crippen LogP contribution in [0.1, 0.15) is 23.4 Å². The molecule has 2 aromatic heterocycles. The third-order valence-corrected chi connectivity index (χ3v) is 4.00. The Hall–Kier alpha value is -2.41. The van der Waals surface area contributed by atoms with E-state index in [4.69, 9.17) is 5.26 Å². The summed E-state index contributed by atoms with van der Waals surface area (Å²) in [6.07, 6.45) is -4.70. The van der Waals surface area contributed by atoms with E-state index in [-0.39, 0.29) is 25.2 Å². The van der Waals surface area contributed by atoms with Crippen LogP contribution in [0, 0.1) is 25.2 Å². The van der Waals surface area contributed by atoms with Crippen molar-refractivity contribution >= 4 is 11.5 Å². The van der Waals surface area contributed by atoms with E-state index in [0.29, 0.717) is 21.5 Å². The number of aryl methyl sites for hydroxylation is 1. The predicted octanol–water partition coefficient (Wildman–Crippen LogP) is 1.22. The minimum absolute atomic E-state index is 0.0375. The first-order chi connectivity index (χ1) is 10.7. The van der Waals surface area contributed by atoms with Gasteiger partial charge in [0, 0.05) is 11.1 Å². The highest BCUT2D eigenvalue weighted by Crippen LogP contribution is 2.34. The van der Waals surface area contributed by atoms with Crippen LogP contribution in [-0.2, 0) is 6.18 Å². The molecule has 2 aromatic rings. The predicted molar refractivity (Wildman–Crippen MR) is 72.7 cm³/mol. The lowest BCUT2D eigenvalue weighted by Crippen LogP contribution is -2.62. The van der Waals surface area contributed by atoms with Crippen molar-refractivity contribution in [2.75, 3.05) is 18.0 Å². The van der Waals surface area contributed by atoms with Gasteiger partial charge < -0.3 is 10.0 Å². The van der Waals surface area contributed by atoms with Gasteiger partial charge >= 0.3 is 6.18 Å². The van der Waals surface area contributed by atoms with E-state index in [1.54, 1.807) is 18.7 Å². The number of β-amino-alcohol motifs (C(OH)–C–C–N with tert-alkyl or cyclic N) is 1. The summed E-state index contributed by atoms with van der Waals surface area (Å²) in [6, 6.07) is 1.89. The number of nitrogens with zero attached hydrogens (tertiary/aromatic N) is 6. The zero-order chi connectivity index (χ0) is 17.0. The molecule has 122 valence electrons.